The second-order valence-electron chi connectivity index (χ2n) is 2.59. The molecular formula is C10H8O4. The van der Waals surface area contributed by atoms with Gasteiger partial charge in [0, 0.05) is 6.92 Å². The van der Waals surface area contributed by atoms with E-state index in [2.05, 4.69) is 4.74 Å². The lowest BCUT2D eigenvalue weighted by Gasteiger charge is -2.00. The maximum Gasteiger partial charge on any atom is 0.388 e. The zero-order valence-electron chi connectivity index (χ0n) is 7.52. The number of ketones is 2. The lowest BCUT2D eigenvalue weighted by Crippen LogP contribution is -2.26. The Labute approximate surface area is 80.5 Å². The minimum absolute atomic E-state index is 0.243. The molecule has 0 saturated heterocycles. The third-order valence-corrected chi connectivity index (χ3v) is 1.46. The number of hydrogen-bond acceptors (Lipinski definition) is 4. The van der Waals surface area contributed by atoms with Gasteiger partial charge in [-0.15, -0.1) is 0 Å². The van der Waals surface area contributed by atoms with Crippen LogP contribution in [0.2, 0.25) is 0 Å². The van der Waals surface area contributed by atoms with Crippen LogP contribution in [0, 0.1) is 0 Å². The molecular weight excluding hydrogens is 184 g/mol. The van der Waals surface area contributed by atoms with Gasteiger partial charge in [0.05, 0.1) is 0 Å². The van der Waals surface area contributed by atoms with Crippen LogP contribution in [-0.4, -0.2) is 17.5 Å². The van der Waals surface area contributed by atoms with Crippen molar-refractivity contribution in [1.82, 2.24) is 0 Å². The molecule has 4 heteroatoms. The van der Waals surface area contributed by atoms with E-state index >= 15 is 0 Å². The van der Waals surface area contributed by atoms with Crippen LogP contribution in [0.25, 0.3) is 0 Å². The van der Waals surface area contributed by atoms with Crippen molar-refractivity contribution in [2.24, 2.45) is 0 Å². The molecule has 1 rings (SSSR count). The number of Topliss-reactive ketones (excluding diaryl/α,β-unsaturated/α-hetero) is 2. The lowest BCUT2D eigenvalue weighted by molar-refractivity contribution is -0.150. The molecule has 0 aliphatic heterocycles. The summed E-state index contributed by atoms with van der Waals surface area (Å²) in [7, 11) is 0. The van der Waals surface area contributed by atoms with Crippen LogP contribution in [-0.2, 0) is 14.4 Å². The van der Waals surface area contributed by atoms with Crippen molar-refractivity contribution in [2.45, 2.75) is 6.92 Å². The molecule has 0 unspecified atom stereocenters. The van der Waals surface area contributed by atoms with Crippen molar-refractivity contribution in [2.75, 3.05) is 0 Å². The molecule has 1 aromatic rings. The third-order valence-electron chi connectivity index (χ3n) is 1.46. The smallest absolute Gasteiger partial charge is 0.388 e. The molecule has 0 aromatic heterocycles. The largest absolute Gasteiger partial charge is 0.420 e. The predicted octanol–water partition coefficient (Wildman–Crippen LogP) is 0.750. The highest BCUT2D eigenvalue weighted by Crippen LogP contribution is 2.08. The maximum absolute atomic E-state index is 11.0. The van der Waals surface area contributed by atoms with E-state index in [1.807, 2.05) is 0 Å². The fourth-order valence-corrected chi connectivity index (χ4v) is 0.786. The number of carbonyl (C=O) groups excluding carboxylic acids is 3. The summed E-state index contributed by atoms with van der Waals surface area (Å²) in [6, 6.07) is 8.09. The predicted molar refractivity (Wildman–Crippen MR) is 47.8 cm³/mol. The Morgan fingerprint density at radius 2 is 1.64 bits per heavy atom. The molecule has 0 amide bonds. The van der Waals surface area contributed by atoms with Gasteiger partial charge in [0.2, 0.25) is 5.78 Å². The van der Waals surface area contributed by atoms with Crippen LogP contribution in [0.3, 0.4) is 0 Å². The molecule has 14 heavy (non-hydrogen) atoms. The number of carbonyl (C=O) groups is 3. The Bertz CT molecular complexity index is 367. The van der Waals surface area contributed by atoms with Gasteiger partial charge in [-0.25, -0.2) is 4.79 Å². The summed E-state index contributed by atoms with van der Waals surface area (Å²) >= 11 is 0. The zero-order chi connectivity index (χ0) is 10.6. The van der Waals surface area contributed by atoms with Crippen LogP contribution in [0.15, 0.2) is 30.3 Å². The molecule has 72 valence electrons. The summed E-state index contributed by atoms with van der Waals surface area (Å²) < 4.78 is 4.63. The third kappa shape index (κ3) is 2.52. The molecule has 0 saturated carbocycles. The van der Waals surface area contributed by atoms with Crippen molar-refractivity contribution < 1.29 is 19.1 Å². The van der Waals surface area contributed by atoms with E-state index in [4.69, 9.17) is 0 Å². The Morgan fingerprint density at radius 3 is 2.14 bits per heavy atom. The second-order valence-corrected chi connectivity index (χ2v) is 2.59. The van der Waals surface area contributed by atoms with E-state index in [9.17, 15) is 14.4 Å². The van der Waals surface area contributed by atoms with Crippen LogP contribution in [0.4, 0.5) is 0 Å². The standard InChI is InChI=1S/C10H8O4/c1-7(11)9(12)10(13)14-8-5-3-2-4-6-8/h2-6H,1H3. The normalized spacial score (nSPS) is 9.21. The van der Waals surface area contributed by atoms with E-state index in [0.717, 1.165) is 6.92 Å². The Morgan fingerprint density at radius 1 is 1.07 bits per heavy atom. The summed E-state index contributed by atoms with van der Waals surface area (Å²) in [5, 5.41) is 0. The summed E-state index contributed by atoms with van der Waals surface area (Å²) in [6.45, 7) is 1.02. The van der Waals surface area contributed by atoms with Gasteiger partial charge in [0.25, 0.3) is 0 Å². The average molecular weight is 192 g/mol. The summed E-state index contributed by atoms with van der Waals surface area (Å²) in [4.78, 5) is 32.3. The minimum atomic E-state index is -1.15. The molecule has 4 nitrogen and oxygen atoms in total. The van der Waals surface area contributed by atoms with Gasteiger partial charge in [-0.1, -0.05) is 18.2 Å². The number of para-hydroxylation sites is 1. The maximum atomic E-state index is 11.0. The van der Waals surface area contributed by atoms with Crippen LogP contribution >= 0.6 is 0 Å². The average Bonchev–Trinajstić information content (AvgIpc) is 2.18. The van der Waals surface area contributed by atoms with E-state index < -0.39 is 17.5 Å². The van der Waals surface area contributed by atoms with Crippen molar-refractivity contribution in [3.05, 3.63) is 30.3 Å². The topological polar surface area (TPSA) is 60.4 Å². The first-order valence-corrected chi connectivity index (χ1v) is 3.93. The molecule has 0 heterocycles. The number of benzene rings is 1. The van der Waals surface area contributed by atoms with Gasteiger partial charge in [-0.3, -0.25) is 9.59 Å². The first kappa shape index (κ1) is 10.1. The van der Waals surface area contributed by atoms with Gasteiger partial charge in [0.15, 0.2) is 0 Å². The second kappa shape index (κ2) is 4.32. The SMILES string of the molecule is CC(=O)C(=O)C(=O)Oc1ccccc1. The summed E-state index contributed by atoms with van der Waals surface area (Å²) in [6.07, 6.45) is 0. The van der Waals surface area contributed by atoms with Gasteiger partial charge in [-0.2, -0.15) is 0 Å². The van der Waals surface area contributed by atoms with E-state index in [1.54, 1.807) is 18.2 Å². The lowest BCUT2D eigenvalue weighted by atomic mass is 10.3. The van der Waals surface area contributed by atoms with Crippen LogP contribution in [0.5, 0.6) is 5.75 Å². The van der Waals surface area contributed by atoms with Gasteiger partial charge in [-0.05, 0) is 12.1 Å². The molecule has 1 aromatic carbocycles. The fraction of sp³-hybridized carbons (Fsp3) is 0.100. The molecule has 0 spiro atoms. The number of ether oxygens (including phenoxy) is 1. The fourth-order valence-electron chi connectivity index (χ4n) is 0.786. The monoisotopic (exact) mass is 192 g/mol. The zero-order valence-corrected chi connectivity index (χ0v) is 7.52. The van der Waals surface area contributed by atoms with E-state index in [0.29, 0.717) is 0 Å². The highest BCUT2D eigenvalue weighted by atomic mass is 16.5. The molecule has 0 fully saturated rings. The first-order chi connectivity index (χ1) is 6.61. The number of hydrogen-bond donors (Lipinski definition) is 0. The number of rotatable bonds is 3. The number of esters is 1. The highest BCUT2D eigenvalue weighted by Gasteiger charge is 2.20. The first-order valence-electron chi connectivity index (χ1n) is 3.93. The van der Waals surface area contributed by atoms with Gasteiger partial charge < -0.3 is 4.74 Å². The van der Waals surface area contributed by atoms with E-state index in [1.165, 1.54) is 12.1 Å². The van der Waals surface area contributed by atoms with E-state index in [-0.39, 0.29) is 5.75 Å². The summed E-state index contributed by atoms with van der Waals surface area (Å²) in [5.74, 6) is -2.88. The van der Waals surface area contributed by atoms with Crippen molar-refractivity contribution >= 4 is 17.5 Å². The summed E-state index contributed by atoms with van der Waals surface area (Å²) in [5.41, 5.74) is 0. The molecule has 0 aliphatic carbocycles. The van der Waals surface area contributed by atoms with Gasteiger partial charge >= 0.3 is 11.8 Å². The Kier molecular flexibility index (Phi) is 3.12. The highest BCUT2D eigenvalue weighted by molar-refractivity contribution is 6.61. The van der Waals surface area contributed by atoms with Crippen LogP contribution in [0.1, 0.15) is 6.92 Å². The van der Waals surface area contributed by atoms with Crippen molar-refractivity contribution in [3.8, 4) is 5.75 Å². The van der Waals surface area contributed by atoms with Gasteiger partial charge in [0.1, 0.15) is 5.75 Å². The van der Waals surface area contributed by atoms with Crippen LogP contribution < -0.4 is 4.74 Å². The Hall–Kier alpha value is -1.97. The Balaban J connectivity index is 2.67. The van der Waals surface area contributed by atoms with Crippen molar-refractivity contribution in [3.63, 3.8) is 0 Å². The molecule has 0 radical (unpaired) electrons. The van der Waals surface area contributed by atoms with Crippen molar-refractivity contribution in [1.29, 1.82) is 0 Å². The molecule has 0 N–H and O–H groups in total. The minimum Gasteiger partial charge on any atom is -0.420 e. The quantitative estimate of drug-likeness (QED) is 0.307. The molecule has 0 aliphatic rings. The molecule has 0 atom stereocenters. The molecule has 0 bridgehead atoms.